The summed E-state index contributed by atoms with van der Waals surface area (Å²) in [5.74, 6) is 1.04. The maximum atomic E-state index is 9.36. The second-order valence-corrected chi connectivity index (χ2v) is 4.25. The summed E-state index contributed by atoms with van der Waals surface area (Å²) in [7, 11) is 0. The molecule has 92 valence electrons. The lowest BCUT2D eigenvalue weighted by atomic mass is 10.1. The molecule has 1 atom stereocenters. The summed E-state index contributed by atoms with van der Waals surface area (Å²) in [5.41, 5.74) is 6.48. The lowest BCUT2D eigenvalue weighted by Gasteiger charge is -2.10. The summed E-state index contributed by atoms with van der Waals surface area (Å²) < 4.78 is 5.72. The number of nitrogens with two attached hydrogens (primary N) is 1. The first-order valence-corrected chi connectivity index (χ1v) is 5.96. The summed E-state index contributed by atoms with van der Waals surface area (Å²) in [5, 5.41) is 9.36. The molecule has 0 aliphatic carbocycles. The Balaban J connectivity index is 1.85. The van der Waals surface area contributed by atoms with Gasteiger partial charge in [0.2, 0.25) is 0 Å². The van der Waals surface area contributed by atoms with Crippen molar-refractivity contribution in [2.45, 2.75) is 25.4 Å². The maximum Gasteiger partial charge on any atom is 0.188 e. The molecule has 0 fully saturated rings. The van der Waals surface area contributed by atoms with Crippen LogP contribution in [0.4, 0.5) is 0 Å². The predicted molar refractivity (Wildman–Crippen MR) is 67.3 cm³/mol. The summed E-state index contributed by atoms with van der Waals surface area (Å²) in [4.78, 5) is 4.37. The zero-order valence-electron chi connectivity index (χ0n) is 9.80. The van der Waals surface area contributed by atoms with Gasteiger partial charge in [-0.2, -0.15) is 0 Å². The van der Waals surface area contributed by atoms with E-state index < -0.39 is 0 Å². The fraction of sp³-hybridized carbons (Fsp3) is 0.462. The van der Waals surface area contributed by atoms with Crippen LogP contribution in [0, 0.1) is 0 Å². The Morgan fingerprint density at radius 3 is 3.12 bits per heavy atom. The van der Waals surface area contributed by atoms with E-state index in [0.29, 0.717) is 13.0 Å². The van der Waals surface area contributed by atoms with Crippen molar-refractivity contribution in [2.24, 2.45) is 10.7 Å². The summed E-state index contributed by atoms with van der Waals surface area (Å²) in [6, 6.07) is 7.18. The molecule has 0 saturated heterocycles. The molecule has 1 aromatic rings. The van der Waals surface area contributed by atoms with Crippen LogP contribution < -0.4 is 5.73 Å². The van der Waals surface area contributed by atoms with Crippen LogP contribution >= 0.6 is 0 Å². The van der Waals surface area contributed by atoms with Crippen LogP contribution in [-0.2, 0) is 11.2 Å². The number of phenols is 1. The number of benzene rings is 1. The summed E-state index contributed by atoms with van der Waals surface area (Å²) in [6.07, 6.45) is 2.77. The van der Waals surface area contributed by atoms with Gasteiger partial charge >= 0.3 is 0 Å². The quantitative estimate of drug-likeness (QED) is 0.810. The molecule has 4 heteroatoms. The van der Waals surface area contributed by atoms with E-state index in [1.807, 2.05) is 12.1 Å². The minimum absolute atomic E-state index is 0.186. The molecule has 1 aliphatic rings. The minimum Gasteiger partial charge on any atom is -0.508 e. The minimum atomic E-state index is 0.186. The van der Waals surface area contributed by atoms with Gasteiger partial charge in [-0.3, -0.25) is 4.99 Å². The number of ether oxygens (including phenoxy) is 1. The number of aromatic hydroxyl groups is 1. The molecule has 0 saturated carbocycles. The number of nitrogens with zero attached hydrogens (tertiary/aromatic N) is 1. The molecule has 0 bridgehead atoms. The fourth-order valence-corrected chi connectivity index (χ4v) is 1.90. The van der Waals surface area contributed by atoms with Crippen molar-refractivity contribution < 1.29 is 9.84 Å². The fourth-order valence-electron chi connectivity index (χ4n) is 1.90. The topological polar surface area (TPSA) is 67.8 Å². The maximum absolute atomic E-state index is 9.36. The van der Waals surface area contributed by atoms with Gasteiger partial charge in [-0.05, 0) is 37.1 Å². The van der Waals surface area contributed by atoms with Gasteiger partial charge in [0.1, 0.15) is 11.9 Å². The second-order valence-electron chi connectivity index (χ2n) is 4.25. The molecule has 0 spiro atoms. The Kier molecular flexibility index (Phi) is 3.98. The van der Waals surface area contributed by atoms with Crippen LogP contribution in [0.5, 0.6) is 5.75 Å². The molecule has 3 N–H and O–H groups in total. The Hall–Kier alpha value is -1.55. The highest BCUT2D eigenvalue weighted by atomic mass is 16.5. The van der Waals surface area contributed by atoms with E-state index in [0.717, 1.165) is 30.8 Å². The van der Waals surface area contributed by atoms with E-state index in [1.54, 1.807) is 12.1 Å². The van der Waals surface area contributed by atoms with Gasteiger partial charge in [0, 0.05) is 6.42 Å². The van der Waals surface area contributed by atoms with Gasteiger partial charge in [0.15, 0.2) is 5.90 Å². The molecule has 4 nitrogen and oxygen atoms in total. The Labute approximate surface area is 101 Å². The monoisotopic (exact) mass is 234 g/mol. The lowest BCUT2D eigenvalue weighted by molar-refractivity contribution is 0.207. The zero-order chi connectivity index (χ0) is 12.1. The molecule has 1 heterocycles. The van der Waals surface area contributed by atoms with Crippen molar-refractivity contribution in [1.82, 2.24) is 0 Å². The molecule has 17 heavy (non-hydrogen) atoms. The Morgan fingerprint density at radius 1 is 1.47 bits per heavy atom. The number of aliphatic imine (C=N–C) groups is 1. The third-order valence-corrected chi connectivity index (χ3v) is 2.77. The smallest absolute Gasteiger partial charge is 0.188 e. The predicted octanol–water partition coefficient (Wildman–Crippen LogP) is 1.47. The van der Waals surface area contributed by atoms with Crippen LogP contribution in [0.1, 0.15) is 18.4 Å². The van der Waals surface area contributed by atoms with Gasteiger partial charge in [0.05, 0.1) is 6.54 Å². The number of rotatable bonds is 5. The van der Waals surface area contributed by atoms with Crippen molar-refractivity contribution in [3.63, 3.8) is 0 Å². The van der Waals surface area contributed by atoms with E-state index in [2.05, 4.69) is 4.99 Å². The van der Waals surface area contributed by atoms with Crippen LogP contribution in [0.2, 0.25) is 0 Å². The average molecular weight is 234 g/mol. The third-order valence-electron chi connectivity index (χ3n) is 2.77. The summed E-state index contributed by atoms with van der Waals surface area (Å²) in [6.45, 7) is 1.43. The third kappa shape index (κ3) is 3.46. The van der Waals surface area contributed by atoms with E-state index in [1.165, 1.54) is 0 Å². The van der Waals surface area contributed by atoms with Crippen molar-refractivity contribution in [1.29, 1.82) is 0 Å². The first kappa shape index (κ1) is 11.9. The SMILES string of the molecule is NCCCC1CN=C(Cc2cccc(O)c2)O1. The highest BCUT2D eigenvalue weighted by Crippen LogP contribution is 2.16. The molecule has 1 unspecified atom stereocenters. The van der Waals surface area contributed by atoms with E-state index >= 15 is 0 Å². The zero-order valence-corrected chi connectivity index (χ0v) is 9.80. The average Bonchev–Trinajstić information content (AvgIpc) is 2.74. The number of hydrogen-bond acceptors (Lipinski definition) is 4. The van der Waals surface area contributed by atoms with E-state index in [4.69, 9.17) is 10.5 Å². The molecular weight excluding hydrogens is 216 g/mol. The van der Waals surface area contributed by atoms with E-state index in [9.17, 15) is 5.11 Å². The molecule has 1 aliphatic heterocycles. The molecule has 1 aromatic carbocycles. The van der Waals surface area contributed by atoms with E-state index in [-0.39, 0.29) is 11.9 Å². The molecule has 0 aromatic heterocycles. The number of phenolic OH excluding ortho intramolecular Hbond substituents is 1. The molecule has 0 amide bonds. The Morgan fingerprint density at radius 2 is 2.35 bits per heavy atom. The normalized spacial score (nSPS) is 18.9. The highest BCUT2D eigenvalue weighted by Gasteiger charge is 2.19. The van der Waals surface area contributed by atoms with Crippen molar-refractivity contribution in [3.8, 4) is 5.75 Å². The molecule has 0 radical (unpaired) electrons. The van der Waals surface area contributed by atoms with Gasteiger partial charge in [-0.25, -0.2) is 0 Å². The largest absolute Gasteiger partial charge is 0.508 e. The molecular formula is C13H18N2O2. The van der Waals surface area contributed by atoms with Crippen LogP contribution in [0.25, 0.3) is 0 Å². The van der Waals surface area contributed by atoms with Crippen molar-refractivity contribution >= 4 is 5.90 Å². The first-order valence-electron chi connectivity index (χ1n) is 5.96. The van der Waals surface area contributed by atoms with Gasteiger partial charge in [-0.15, -0.1) is 0 Å². The van der Waals surface area contributed by atoms with Crippen LogP contribution in [0.15, 0.2) is 29.3 Å². The standard InChI is InChI=1S/C13H18N2O2/c14-6-2-5-12-9-15-13(17-12)8-10-3-1-4-11(16)7-10/h1,3-4,7,12,16H,2,5-6,8-9,14H2. The Bertz CT molecular complexity index is 404. The molecule has 2 rings (SSSR count). The van der Waals surface area contributed by atoms with Crippen molar-refractivity contribution in [2.75, 3.05) is 13.1 Å². The second kappa shape index (κ2) is 5.68. The van der Waals surface area contributed by atoms with Crippen LogP contribution in [-0.4, -0.2) is 30.2 Å². The number of hydrogen-bond donors (Lipinski definition) is 2. The lowest BCUT2D eigenvalue weighted by Crippen LogP contribution is -2.15. The highest BCUT2D eigenvalue weighted by molar-refractivity contribution is 5.80. The van der Waals surface area contributed by atoms with Gasteiger partial charge in [0.25, 0.3) is 0 Å². The van der Waals surface area contributed by atoms with Gasteiger partial charge in [-0.1, -0.05) is 12.1 Å². The first-order chi connectivity index (χ1) is 8.28. The van der Waals surface area contributed by atoms with Crippen molar-refractivity contribution in [3.05, 3.63) is 29.8 Å². The van der Waals surface area contributed by atoms with Crippen LogP contribution in [0.3, 0.4) is 0 Å². The van der Waals surface area contributed by atoms with Gasteiger partial charge < -0.3 is 15.6 Å². The summed E-state index contributed by atoms with van der Waals surface area (Å²) >= 11 is 0.